The molecule has 0 aromatic heterocycles. The summed E-state index contributed by atoms with van der Waals surface area (Å²) in [6.07, 6.45) is 1.58. The summed E-state index contributed by atoms with van der Waals surface area (Å²) >= 11 is 0. The van der Waals surface area contributed by atoms with Crippen LogP contribution in [0.3, 0.4) is 0 Å². The van der Waals surface area contributed by atoms with Crippen LogP contribution in [-0.2, 0) is 23.9 Å². The van der Waals surface area contributed by atoms with Gasteiger partial charge in [0.25, 0.3) is 11.8 Å². The van der Waals surface area contributed by atoms with E-state index < -0.39 is 17.8 Å². The molecular weight excluding hydrogens is 404 g/mol. The zero-order valence-corrected chi connectivity index (χ0v) is 17.9. The molecule has 2 amide bonds. The molecule has 1 heterocycles. The zero-order valence-electron chi connectivity index (χ0n) is 17.9. The average Bonchev–Trinajstić information content (AvgIpc) is 2.75. The summed E-state index contributed by atoms with van der Waals surface area (Å²) in [4.78, 5) is 37.4. The molecule has 0 saturated carbocycles. The second-order valence-corrected chi connectivity index (χ2v) is 6.49. The minimum atomic E-state index is -0.674. The maximum atomic E-state index is 13.0. The third-order valence-electron chi connectivity index (χ3n) is 4.56. The van der Waals surface area contributed by atoms with Crippen LogP contribution in [0.4, 0.5) is 0 Å². The third-order valence-corrected chi connectivity index (χ3v) is 4.56. The summed E-state index contributed by atoms with van der Waals surface area (Å²) in [5.74, 6) is -0.576. The second-order valence-electron chi connectivity index (χ2n) is 6.49. The molecule has 0 bridgehead atoms. The van der Waals surface area contributed by atoms with Gasteiger partial charge in [-0.3, -0.25) is 19.3 Å². The average molecular weight is 428 g/mol. The first-order chi connectivity index (χ1) is 14.8. The lowest BCUT2D eigenvalue weighted by atomic mass is 9.93. The van der Waals surface area contributed by atoms with Crippen molar-refractivity contribution in [3.8, 4) is 17.6 Å². The van der Waals surface area contributed by atoms with E-state index in [0.29, 0.717) is 22.6 Å². The quantitative estimate of drug-likeness (QED) is 0.253. The molecule has 9 nitrogen and oxygen atoms in total. The highest BCUT2D eigenvalue weighted by atomic mass is 16.6. The van der Waals surface area contributed by atoms with Crippen LogP contribution in [0.1, 0.15) is 19.4 Å². The SMILES string of the molecule is COc1ccc(/C=C2/C(=O)N(CCOCCOC(C)=O)C(=O)C(C#N)=C2C)c(OC)c1. The predicted octanol–water partition coefficient (Wildman–Crippen LogP) is 1.88. The highest BCUT2D eigenvalue weighted by Crippen LogP contribution is 2.31. The molecule has 1 aromatic carbocycles. The van der Waals surface area contributed by atoms with E-state index in [9.17, 15) is 19.6 Å². The maximum absolute atomic E-state index is 13.0. The van der Waals surface area contributed by atoms with Crippen molar-refractivity contribution in [3.05, 3.63) is 40.5 Å². The highest BCUT2D eigenvalue weighted by molar-refractivity contribution is 6.19. The number of nitrogens with zero attached hydrogens (tertiary/aromatic N) is 2. The Bertz CT molecular complexity index is 973. The van der Waals surface area contributed by atoms with Crippen LogP contribution in [0.2, 0.25) is 0 Å². The van der Waals surface area contributed by atoms with Crippen molar-refractivity contribution in [1.82, 2.24) is 4.90 Å². The fourth-order valence-corrected chi connectivity index (χ4v) is 2.93. The van der Waals surface area contributed by atoms with E-state index in [1.165, 1.54) is 21.1 Å². The van der Waals surface area contributed by atoms with Crippen molar-refractivity contribution in [3.63, 3.8) is 0 Å². The lowest BCUT2D eigenvalue weighted by Gasteiger charge is -2.27. The molecule has 0 spiro atoms. The smallest absolute Gasteiger partial charge is 0.302 e. The van der Waals surface area contributed by atoms with Gasteiger partial charge in [-0.2, -0.15) is 5.26 Å². The predicted molar refractivity (Wildman–Crippen MR) is 110 cm³/mol. The first-order valence-electron chi connectivity index (χ1n) is 9.46. The Morgan fingerprint density at radius 1 is 1.13 bits per heavy atom. The Kier molecular flexibility index (Phi) is 8.34. The molecule has 1 aromatic rings. The van der Waals surface area contributed by atoms with Gasteiger partial charge in [0.15, 0.2) is 0 Å². The van der Waals surface area contributed by atoms with Crippen LogP contribution in [0.5, 0.6) is 11.5 Å². The Labute approximate surface area is 180 Å². The van der Waals surface area contributed by atoms with Gasteiger partial charge in [0.1, 0.15) is 29.7 Å². The van der Waals surface area contributed by atoms with Crippen LogP contribution in [0.25, 0.3) is 6.08 Å². The van der Waals surface area contributed by atoms with E-state index in [1.54, 1.807) is 31.2 Å². The topological polar surface area (TPSA) is 115 Å². The highest BCUT2D eigenvalue weighted by Gasteiger charge is 2.35. The van der Waals surface area contributed by atoms with Crippen LogP contribution in [0.15, 0.2) is 34.9 Å². The van der Waals surface area contributed by atoms with Gasteiger partial charge in [-0.15, -0.1) is 0 Å². The molecular formula is C22H24N2O7. The number of rotatable bonds is 9. The molecule has 0 radical (unpaired) electrons. The van der Waals surface area contributed by atoms with E-state index in [0.717, 1.165) is 4.90 Å². The summed E-state index contributed by atoms with van der Waals surface area (Å²) in [5.41, 5.74) is 0.982. The number of imide groups is 1. The number of carbonyl (C=O) groups excluding carboxylic acids is 3. The normalized spacial score (nSPS) is 15.2. The molecule has 0 atom stereocenters. The van der Waals surface area contributed by atoms with Gasteiger partial charge in [0.05, 0.1) is 34.0 Å². The molecule has 0 aliphatic carbocycles. The maximum Gasteiger partial charge on any atom is 0.302 e. The summed E-state index contributed by atoms with van der Waals surface area (Å²) in [5, 5.41) is 9.47. The summed E-state index contributed by atoms with van der Waals surface area (Å²) < 4.78 is 20.6. The molecule has 9 heteroatoms. The number of hydrogen-bond donors (Lipinski definition) is 0. The fourth-order valence-electron chi connectivity index (χ4n) is 2.93. The molecule has 0 saturated heterocycles. The van der Waals surface area contributed by atoms with Crippen molar-refractivity contribution < 1.29 is 33.3 Å². The Hall–Kier alpha value is -3.64. The largest absolute Gasteiger partial charge is 0.497 e. The number of benzene rings is 1. The minimum absolute atomic E-state index is 0.0373. The lowest BCUT2D eigenvalue weighted by molar-refractivity contribution is -0.142. The van der Waals surface area contributed by atoms with Crippen LogP contribution >= 0.6 is 0 Å². The van der Waals surface area contributed by atoms with E-state index in [-0.39, 0.29) is 37.5 Å². The second kappa shape index (κ2) is 10.9. The molecule has 2 rings (SSSR count). The van der Waals surface area contributed by atoms with E-state index in [4.69, 9.17) is 18.9 Å². The first-order valence-corrected chi connectivity index (χ1v) is 9.46. The monoisotopic (exact) mass is 428 g/mol. The number of ether oxygens (including phenoxy) is 4. The van der Waals surface area contributed by atoms with Crippen LogP contribution in [0, 0.1) is 11.3 Å². The molecule has 1 aliphatic heterocycles. The van der Waals surface area contributed by atoms with Crippen molar-refractivity contribution in [1.29, 1.82) is 5.26 Å². The Balaban J connectivity index is 2.27. The molecule has 0 N–H and O–H groups in total. The van der Waals surface area contributed by atoms with Crippen molar-refractivity contribution >= 4 is 23.9 Å². The minimum Gasteiger partial charge on any atom is -0.497 e. The zero-order chi connectivity index (χ0) is 23.0. The van der Waals surface area contributed by atoms with Crippen molar-refractivity contribution in [2.24, 2.45) is 0 Å². The molecule has 31 heavy (non-hydrogen) atoms. The molecule has 164 valence electrons. The lowest BCUT2D eigenvalue weighted by Crippen LogP contribution is -2.44. The number of amides is 2. The fraction of sp³-hybridized carbons (Fsp3) is 0.364. The number of nitriles is 1. The summed E-state index contributed by atoms with van der Waals surface area (Å²) in [6, 6.07) is 6.99. The van der Waals surface area contributed by atoms with Gasteiger partial charge in [0, 0.05) is 24.1 Å². The standard InChI is InChI=1S/C22H24N2O7/c1-14-18(11-16-5-6-17(28-3)12-20(16)29-4)21(26)24(22(27)19(14)13-23)7-8-30-9-10-31-15(2)25/h5-6,11-12H,7-10H2,1-4H3/b18-11+. The number of hydrogen-bond acceptors (Lipinski definition) is 8. The molecule has 1 aliphatic rings. The van der Waals surface area contributed by atoms with Crippen LogP contribution in [-0.4, -0.2) is 63.3 Å². The number of esters is 1. The van der Waals surface area contributed by atoms with E-state index >= 15 is 0 Å². The first kappa shape index (κ1) is 23.6. The number of methoxy groups -OCH3 is 2. The Morgan fingerprint density at radius 3 is 2.48 bits per heavy atom. The summed E-state index contributed by atoms with van der Waals surface area (Å²) in [6.45, 7) is 3.03. The Morgan fingerprint density at radius 2 is 1.87 bits per heavy atom. The molecule has 0 unspecified atom stereocenters. The van der Waals surface area contributed by atoms with Gasteiger partial charge < -0.3 is 18.9 Å². The summed E-state index contributed by atoms with van der Waals surface area (Å²) in [7, 11) is 3.02. The van der Waals surface area contributed by atoms with Gasteiger partial charge in [-0.05, 0) is 30.7 Å². The van der Waals surface area contributed by atoms with Gasteiger partial charge in [0.2, 0.25) is 0 Å². The third kappa shape index (κ3) is 5.71. The van der Waals surface area contributed by atoms with Gasteiger partial charge >= 0.3 is 5.97 Å². The van der Waals surface area contributed by atoms with Crippen LogP contribution < -0.4 is 9.47 Å². The van der Waals surface area contributed by atoms with E-state index in [2.05, 4.69) is 0 Å². The van der Waals surface area contributed by atoms with Crippen molar-refractivity contribution in [2.45, 2.75) is 13.8 Å². The van der Waals surface area contributed by atoms with Gasteiger partial charge in [-0.1, -0.05) is 0 Å². The van der Waals surface area contributed by atoms with Crippen molar-refractivity contribution in [2.75, 3.05) is 40.6 Å². The molecule has 0 fully saturated rings. The van der Waals surface area contributed by atoms with Gasteiger partial charge in [-0.25, -0.2) is 0 Å². The number of carbonyl (C=O) groups is 3. The van der Waals surface area contributed by atoms with E-state index in [1.807, 2.05) is 6.07 Å².